The Morgan fingerprint density at radius 1 is 0.647 bits per heavy atom. The summed E-state index contributed by atoms with van der Waals surface area (Å²) >= 11 is 0. The van der Waals surface area contributed by atoms with Crippen LogP contribution in [0.4, 0.5) is 0 Å². The van der Waals surface area contributed by atoms with Crippen LogP contribution in [0.2, 0.25) is 0 Å². The van der Waals surface area contributed by atoms with Gasteiger partial charge in [-0.15, -0.1) is 0 Å². The highest BCUT2D eigenvalue weighted by Gasteiger charge is 2.31. The molecule has 6 atom stereocenters. The van der Waals surface area contributed by atoms with Crippen molar-refractivity contribution in [2.24, 2.45) is 5.73 Å². The molecule has 0 radical (unpaired) electrons. The van der Waals surface area contributed by atoms with Crippen molar-refractivity contribution in [3.8, 4) is 0 Å². The van der Waals surface area contributed by atoms with Crippen LogP contribution in [-0.4, -0.2) is 97.9 Å². The molecule has 6 unspecified atom stereocenters. The lowest BCUT2D eigenvalue weighted by atomic mass is 10.0. The van der Waals surface area contributed by atoms with Crippen LogP contribution in [0.25, 0.3) is 0 Å². The van der Waals surface area contributed by atoms with Gasteiger partial charge in [0.15, 0.2) is 0 Å². The number of carboxylic acids is 2. The van der Waals surface area contributed by atoms with E-state index in [1.165, 1.54) is 26.4 Å². The first-order chi connectivity index (χ1) is 24.2. The monoisotopic (exact) mass is 706 g/mol. The summed E-state index contributed by atoms with van der Waals surface area (Å²) in [7, 11) is 0. The standard InChI is InChI=1S/C34H42N8O9/c1-19(39-32(48)26(15-23-17-36-18-37-23)41-31(47)24(35)13-21-9-5-3-6-10-21)29(45)38-20(2)30(46)40-25(14-22-11-7-4-8-12-22)33(49)42-27(34(50)51)16-28(43)44/h3-12,17-20,24-27H,13-16,35H2,1-2H3,(H,36,37)(H,38,45)(H,39,48)(H,40,46)(H,41,47)(H,42,49)(H,43,44)(H,50,51). The highest BCUT2D eigenvalue weighted by molar-refractivity contribution is 5.96. The SMILES string of the molecule is CC(NC(=O)C(C)NC(=O)C(Cc1cnc[nH]1)NC(=O)C(N)Cc1ccccc1)C(=O)NC(Cc1ccccc1)C(=O)NC(CC(=O)O)C(=O)O. The van der Waals surface area contributed by atoms with E-state index < -0.39 is 84.1 Å². The number of nitrogens with one attached hydrogen (secondary N) is 6. The number of carbonyl (C=O) groups excluding carboxylic acids is 5. The van der Waals surface area contributed by atoms with Gasteiger partial charge in [0.1, 0.15) is 30.2 Å². The molecule has 0 bridgehead atoms. The molecule has 5 amide bonds. The first kappa shape index (κ1) is 39.3. The van der Waals surface area contributed by atoms with Gasteiger partial charge in [-0.25, -0.2) is 9.78 Å². The van der Waals surface area contributed by atoms with E-state index in [1.807, 2.05) is 30.3 Å². The third-order valence-electron chi connectivity index (χ3n) is 7.66. The number of H-pyrrole nitrogens is 1. The van der Waals surface area contributed by atoms with Crippen LogP contribution in [0, 0.1) is 0 Å². The zero-order chi connectivity index (χ0) is 37.5. The molecule has 272 valence electrons. The average molecular weight is 707 g/mol. The van der Waals surface area contributed by atoms with Crippen LogP contribution in [0.1, 0.15) is 37.1 Å². The lowest BCUT2D eigenvalue weighted by molar-refractivity contribution is -0.147. The number of nitrogens with two attached hydrogens (primary N) is 1. The minimum absolute atomic E-state index is 0.00282. The van der Waals surface area contributed by atoms with Gasteiger partial charge in [0.25, 0.3) is 0 Å². The summed E-state index contributed by atoms with van der Waals surface area (Å²) in [5.74, 6) is -6.87. The van der Waals surface area contributed by atoms with Crippen molar-refractivity contribution in [2.75, 3.05) is 0 Å². The van der Waals surface area contributed by atoms with Gasteiger partial charge in [-0.05, 0) is 31.4 Å². The third-order valence-corrected chi connectivity index (χ3v) is 7.66. The molecule has 17 nitrogen and oxygen atoms in total. The van der Waals surface area contributed by atoms with Crippen LogP contribution < -0.4 is 32.3 Å². The zero-order valence-corrected chi connectivity index (χ0v) is 28.0. The molecule has 1 aromatic heterocycles. The van der Waals surface area contributed by atoms with Crippen molar-refractivity contribution in [3.63, 3.8) is 0 Å². The molecule has 17 heteroatoms. The zero-order valence-electron chi connectivity index (χ0n) is 28.0. The highest BCUT2D eigenvalue weighted by Crippen LogP contribution is 2.07. The largest absolute Gasteiger partial charge is 0.481 e. The van der Waals surface area contributed by atoms with E-state index in [0.717, 1.165) is 5.56 Å². The predicted octanol–water partition coefficient (Wildman–Crippen LogP) is -1.21. The number of aromatic nitrogens is 2. The van der Waals surface area contributed by atoms with Gasteiger partial charge >= 0.3 is 11.9 Å². The topological polar surface area (TPSA) is 275 Å². The number of aliphatic carboxylic acids is 2. The molecular formula is C34H42N8O9. The van der Waals surface area contributed by atoms with Crippen molar-refractivity contribution in [3.05, 3.63) is 90.0 Å². The Bertz CT molecular complexity index is 1650. The summed E-state index contributed by atoms with van der Waals surface area (Å²) in [6.07, 6.45) is 2.14. The average Bonchev–Trinajstić information content (AvgIpc) is 3.61. The molecular weight excluding hydrogens is 664 g/mol. The lowest BCUT2D eigenvalue weighted by Crippen LogP contribution is -2.58. The number of carbonyl (C=O) groups is 7. The molecule has 0 spiro atoms. The Morgan fingerprint density at radius 3 is 1.65 bits per heavy atom. The van der Waals surface area contributed by atoms with Gasteiger partial charge < -0.3 is 47.5 Å². The van der Waals surface area contributed by atoms with Crippen molar-refractivity contribution >= 4 is 41.5 Å². The molecule has 10 N–H and O–H groups in total. The summed E-state index contributed by atoms with van der Waals surface area (Å²) in [5, 5.41) is 30.6. The number of hydrogen-bond donors (Lipinski definition) is 9. The second kappa shape index (κ2) is 19.2. The molecule has 0 aliphatic rings. The van der Waals surface area contributed by atoms with E-state index in [-0.39, 0.29) is 19.3 Å². The van der Waals surface area contributed by atoms with Crippen LogP contribution >= 0.6 is 0 Å². The first-order valence-corrected chi connectivity index (χ1v) is 16.0. The Labute approximate surface area is 293 Å². The minimum Gasteiger partial charge on any atom is -0.481 e. The second-order valence-electron chi connectivity index (χ2n) is 11.8. The van der Waals surface area contributed by atoms with Crippen molar-refractivity contribution in [1.29, 1.82) is 0 Å². The number of rotatable bonds is 19. The summed E-state index contributed by atoms with van der Waals surface area (Å²) in [6, 6.07) is 9.91. The van der Waals surface area contributed by atoms with Gasteiger partial charge in [0.2, 0.25) is 29.5 Å². The second-order valence-corrected chi connectivity index (χ2v) is 11.8. The smallest absolute Gasteiger partial charge is 0.326 e. The maximum Gasteiger partial charge on any atom is 0.326 e. The molecule has 0 saturated heterocycles. The number of hydrogen-bond acceptors (Lipinski definition) is 9. The molecule has 3 rings (SSSR count). The quantitative estimate of drug-likeness (QED) is 0.0713. The van der Waals surface area contributed by atoms with E-state index >= 15 is 0 Å². The van der Waals surface area contributed by atoms with Gasteiger partial charge in [-0.2, -0.15) is 0 Å². The normalized spacial score (nSPS) is 14.3. The Morgan fingerprint density at radius 2 is 1.12 bits per heavy atom. The van der Waals surface area contributed by atoms with Gasteiger partial charge in [0.05, 0.1) is 18.8 Å². The number of aromatic amines is 1. The van der Waals surface area contributed by atoms with Crippen molar-refractivity contribution in [1.82, 2.24) is 36.6 Å². The summed E-state index contributed by atoms with van der Waals surface area (Å²) in [6.45, 7) is 2.70. The molecule has 0 saturated carbocycles. The summed E-state index contributed by atoms with van der Waals surface area (Å²) in [4.78, 5) is 95.1. The Hall–Kier alpha value is -6.10. The molecule has 0 aliphatic carbocycles. The molecule has 1 heterocycles. The van der Waals surface area contributed by atoms with Crippen LogP contribution in [-0.2, 0) is 52.8 Å². The number of nitrogens with zero attached hydrogens (tertiary/aromatic N) is 1. The third kappa shape index (κ3) is 13.0. The Balaban J connectivity index is 1.64. The molecule has 51 heavy (non-hydrogen) atoms. The predicted molar refractivity (Wildman–Crippen MR) is 181 cm³/mol. The lowest BCUT2D eigenvalue weighted by Gasteiger charge is -2.25. The van der Waals surface area contributed by atoms with E-state index in [2.05, 4.69) is 36.6 Å². The maximum absolute atomic E-state index is 13.3. The summed E-state index contributed by atoms with van der Waals surface area (Å²) in [5.41, 5.74) is 8.08. The molecule has 0 fully saturated rings. The fourth-order valence-electron chi connectivity index (χ4n) is 4.85. The number of carboxylic acid groups (broad SMARTS) is 2. The maximum atomic E-state index is 13.3. The fourth-order valence-corrected chi connectivity index (χ4v) is 4.85. The van der Waals surface area contributed by atoms with Gasteiger partial charge in [0, 0.05) is 24.7 Å². The highest BCUT2D eigenvalue weighted by atomic mass is 16.4. The van der Waals surface area contributed by atoms with Crippen LogP contribution in [0.3, 0.4) is 0 Å². The number of benzene rings is 2. The van der Waals surface area contributed by atoms with Crippen LogP contribution in [0.5, 0.6) is 0 Å². The number of amides is 5. The fraction of sp³-hybridized carbons (Fsp3) is 0.353. The molecule has 3 aromatic rings. The minimum atomic E-state index is -1.76. The van der Waals surface area contributed by atoms with Gasteiger partial charge in [-0.1, -0.05) is 60.7 Å². The summed E-state index contributed by atoms with van der Waals surface area (Å²) < 4.78 is 0. The Kier molecular flexibility index (Phi) is 14.8. The van der Waals surface area contributed by atoms with E-state index in [0.29, 0.717) is 11.3 Å². The molecule has 0 aliphatic heterocycles. The van der Waals surface area contributed by atoms with E-state index in [1.54, 1.807) is 30.3 Å². The van der Waals surface area contributed by atoms with Crippen molar-refractivity contribution in [2.45, 2.75) is 75.8 Å². The van der Waals surface area contributed by atoms with E-state index in [9.17, 15) is 38.7 Å². The number of imidazole rings is 1. The van der Waals surface area contributed by atoms with Crippen molar-refractivity contribution < 1.29 is 43.8 Å². The van der Waals surface area contributed by atoms with Gasteiger partial charge in [-0.3, -0.25) is 28.8 Å². The first-order valence-electron chi connectivity index (χ1n) is 16.0. The van der Waals surface area contributed by atoms with E-state index in [4.69, 9.17) is 10.8 Å². The molecule has 2 aromatic carbocycles. The van der Waals surface area contributed by atoms with Crippen LogP contribution in [0.15, 0.2) is 73.2 Å².